The number of carbonyl (C=O) groups excluding carboxylic acids is 1. The third-order valence-corrected chi connectivity index (χ3v) is 6.94. The molecule has 0 spiro atoms. The van der Waals surface area contributed by atoms with Gasteiger partial charge in [-0.3, -0.25) is 4.79 Å². The molecule has 1 heterocycles. The van der Waals surface area contributed by atoms with Gasteiger partial charge in [0.25, 0.3) is 0 Å². The van der Waals surface area contributed by atoms with E-state index in [4.69, 9.17) is 4.74 Å². The lowest BCUT2D eigenvalue weighted by molar-refractivity contribution is -0.116. The van der Waals surface area contributed by atoms with Crippen LogP contribution in [0.15, 0.2) is 35.2 Å². The minimum atomic E-state index is -3.65. The van der Waals surface area contributed by atoms with Crippen LogP contribution in [-0.4, -0.2) is 38.3 Å². The molecular weight excluding hydrogens is 364 g/mol. The zero-order valence-corrected chi connectivity index (χ0v) is 16.6. The topological polar surface area (TPSA) is 75.7 Å². The summed E-state index contributed by atoms with van der Waals surface area (Å²) in [6.07, 6.45) is 9.38. The van der Waals surface area contributed by atoms with Crippen LogP contribution >= 0.6 is 0 Å². The lowest BCUT2D eigenvalue weighted by atomic mass is 10.1. The van der Waals surface area contributed by atoms with Crippen LogP contribution in [0.3, 0.4) is 0 Å². The molecule has 2 aliphatic rings. The van der Waals surface area contributed by atoms with Crippen molar-refractivity contribution in [1.29, 1.82) is 0 Å². The van der Waals surface area contributed by atoms with E-state index in [9.17, 15) is 13.2 Å². The second-order valence-corrected chi connectivity index (χ2v) is 8.98. The quantitative estimate of drug-likeness (QED) is 0.720. The molecule has 1 aliphatic heterocycles. The standard InChI is InChI=1S/C20H28N2O4S/c1-2-26-18-11-10-17(21-20(23)14-16-8-4-5-9-16)15-19(18)27(24,25)22-12-6-3-7-13-22/h4,8,10-11,15-16H,2-3,5-7,9,12-14H2,1H3,(H,21,23). The predicted molar refractivity (Wildman–Crippen MR) is 105 cm³/mol. The predicted octanol–water partition coefficient (Wildman–Crippen LogP) is 3.55. The fourth-order valence-corrected chi connectivity index (χ4v) is 5.30. The molecule has 0 bridgehead atoms. The van der Waals surface area contributed by atoms with E-state index in [1.54, 1.807) is 12.1 Å². The van der Waals surface area contributed by atoms with Gasteiger partial charge in [-0.2, -0.15) is 4.31 Å². The summed E-state index contributed by atoms with van der Waals surface area (Å²) in [5, 5.41) is 2.84. The van der Waals surface area contributed by atoms with Crippen LogP contribution in [0.1, 0.15) is 45.4 Å². The first-order valence-electron chi connectivity index (χ1n) is 9.74. The van der Waals surface area contributed by atoms with Gasteiger partial charge < -0.3 is 10.1 Å². The van der Waals surface area contributed by atoms with Gasteiger partial charge in [0, 0.05) is 25.2 Å². The fraction of sp³-hybridized carbons (Fsp3) is 0.550. The van der Waals surface area contributed by atoms with Crippen molar-refractivity contribution in [3.8, 4) is 5.75 Å². The average molecular weight is 393 g/mol. The molecule has 3 rings (SSSR count). The Balaban J connectivity index is 1.81. The smallest absolute Gasteiger partial charge is 0.246 e. The minimum absolute atomic E-state index is 0.1000. The van der Waals surface area contributed by atoms with Crippen molar-refractivity contribution < 1.29 is 17.9 Å². The number of benzene rings is 1. The van der Waals surface area contributed by atoms with E-state index in [1.807, 2.05) is 6.92 Å². The largest absolute Gasteiger partial charge is 0.492 e. The third kappa shape index (κ3) is 4.90. The molecule has 6 nitrogen and oxygen atoms in total. The molecule has 0 aromatic heterocycles. The van der Waals surface area contributed by atoms with Crippen molar-refractivity contribution in [2.75, 3.05) is 25.0 Å². The molecule has 1 amide bonds. The highest BCUT2D eigenvalue weighted by Crippen LogP contribution is 2.31. The van der Waals surface area contributed by atoms with Gasteiger partial charge in [0.05, 0.1) is 6.61 Å². The lowest BCUT2D eigenvalue weighted by Crippen LogP contribution is -2.35. The van der Waals surface area contributed by atoms with Gasteiger partial charge in [0.15, 0.2) is 0 Å². The molecule has 1 atom stereocenters. The monoisotopic (exact) mass is 392 g/mol. The zero-order valence-electron chi connectivity index (χ0n) is 15.8. The van der Waals surface area contributed by atoms with Gasteiger partial charge >= 0.3 is 0 Å². The Labute approximate surface area is 161 Å². The van der Waals surface area contributed by atoms with Crippen molar-refractivity contribution >= 4 is 21.6 Å². The first-order chi connectivity index (χ1) is 13.0. The molecule has 7 heteroatoms. The van der Waals surface area contributed by atoms with E-state index in [1.165, 1.54) is 10.4 Å². The van der Waals surface area contributed by atoms with Gasteiger partial charge in [-0.1, -0.05) is 18.6 Å². The SMILES string of the molecule is CCOc1ccc(NC(=O)CC2C=CCC2)cc1S(=O)(=O)N1CCCCC1. The maximum absolute atomic E-state index is 13.1. The number of piperidine rings is 1. The Morgan fingerprint density at radius 2 is 2.04 bits per heavy atom. The molecule has 1 unspecified atom stereocenters. The molecule has 1 N–H and O–H groups in total. The lowest BCUT2D eigenvalue weighted by Gasteiger charge is -2.27. The Morgan fingerprint density at radius 1 is 1.26 bits per heavy atom. The summed E-state index contributed by atoms with van der Waals surface area (Å²) in [5.41, 5.74) is 0.487. The molecule has 27 heavy (non-hydrogen) atoms. The van der Waals surface area contributed by atoms with Crippen molar-refractivity contribution in [2.45, 2.75) is 50.3 Å². The van der Waals surface area contributed by atoms with E-state index in [-0.39, 0.29) is 16.7 Å². The second-order valence-electron chi connectivity index (χ2n) is 7.08. The Kier molecular flexibility index (Phi) is 6.55. The van der Waals surface area contributed by atoms with Gasteiger partial charge in [0.1, 0.15) is 10.6 Å². The van der Waals surface area contributed by atoms with Crippen molar-refractivity contribution in [1.82, 2.24) is 4.31 Å². The number of hydrogen-bond acceptors (Lipinski definition) is 4. The van der Waals surface area contributed by atoms with Gasteiger partial charge in [-0.15, -0.1) is 0 Å². The second kappa shape index (κ2) is 8.89. The van der Waals surface area contributed by atoms with E-state index in [0.717, 1.165) is 32.1 Å². The molecule has 1 saturated heterocycles. The van der Waals surface area contributed by atoms with E-state index >= 15 is 0 Å². The van der Waals surface area contributed by atoms with Crippen LogP contribution in [0.25, 0.3) is 0 Å². The number of ether oxygens (including phenoxy) is 1. The van der Waals surface area contributed by atoms with Crippen molar-refractivity contribution in [3.05, 3.63) is 30.4 Å². The fourth-order valence-electron chi connectivity index (χ4n) is 3.62. The number of sulfonamides is 1. The van der Waals surface area contributed by atoms with Crippen molar-refractivity contribution in [3.63, 3.8) is 0 Å². The number of carbonyl (C=O) groups is 1. The number of amides is 1. The van der Waals surface area contributed by atoms with E-state index < -0.39 is 10.0 Å². The summed E-state index contributed by atoms with van der Waals surface area (Å²) >= 11 is 0. The molecule has 148 valence electrons. The van der Waals surface area contributed by atoms with E-state index in [0.29, 0.717) is 37.6 Å². The molecule has 0 radical (unpaired) electrons. The number of rotatable bonds is 7. The summed E-state index contributed by atoms with van der Waals surface area (Å²) in [6, 6.07) is 4.85. The maximum atomic E-state index is 13.1. The Bertz CT molecular complexity index is 798. The van der Waals surface area contributed by atoms with Crippen LogP contribution in [0.5, 0.6) is 5.75 Å². The zero-order chi connectivity index (χ0) is 19.3. The number of allylic oxidation sites excluding steroid dienone is 2. The normalized spacial score (nSPS) is 20.6. The minimum Gasteiger partial charge on any atom is -0.492 e. The summed E-state index contributed by atoms with van der Waals surface area (Å²) in [5.74, 6) is 0.501. The molecule has 1 aliphatic carbocycles. The molecular formula is C20H28N2O4S. The number of anilines is 1. The Hall–Kier alpha value is -1.86. The number of nitrogens with zero attached hydrogens (tertiary/aromatic N) is 1. The molecule has 1 aromatic rings. The average Bonchev–Trinajstić information content (AvgIpc) is 3.16. The molecule has 1 fully saturated rings. The van der Waals surface area contributed by atoms with Crippen LogP contribution in [-0.2, 0) is 14.8 Å². The first kappa shape index (κ1) is 19.9. The van der Waals surface area contributed by atoms with E-state index in [2.05, 4.69) is 17.5 Å². The summed E-state index contributed by atoms with van der Waals surface area (Å²) in [7, 11) is -3.65. The molecule has 0 saturated carbocycles. The number of hydrogen-bond donors (Lipinski definition) is 1. The highest BCUT2D eigenvalue weighted by Gasteiger charge is 2.29. The van der Waals surface area contributed by atoms with Crippen molar-refractivity contribution in [2.24, 2.45) is 5.92 Å². The third-order valence-electron chi connectivity index (χ3n) is 5.02. The van der Waals surface area contributed by atoms with Crippen LogP contribution in [0.4, 0.5) is 5.69 Å². The highest BCUT2D eigenvalue weighted by atomic mass is 32.2. The Morgan fingerprint density at radius 3 is 2.70 bits per heavy atom. The summed E-state index contributed by atoms with van der Waals surface area (Å²) < 4.78 is 33.3. The van der Waals surface area contributed by atoms with Gasteiger partial charge in [0.2, 0.25) is 15.9 Å². The molecule has 1 aromatic carbocycles. The first-order valence-corrected chi connectivity index (χ1v) is 11.2. The van der Waals surface area contributed by atoms with Crippen LogP contribution in [0.2, 0.25) is 0 Å². The summed E-state index contributed by atoms with van der Waals surface area (Å²) in [4.78, 5) is 12.4. The summed E-state index contributed by atoms with van der Waals surface area (Å²) in [6.45, 7) is 3.25. The highest BCUT2D eigenvalue weighted by molar-refractivity contribution is 7.89. The number of nitrogens with one attached hydrogen (secondary N) is 1. The van der Waals surface area contributed by atoms with Crippen LogP contribution < -0.4 is 10.1 Å². The maximum Gasteiger partial charge on any atom is 0.246 e. The van der Waals surface area contributed by atoms with Gasteiger partial charge in [-0.05, 0) is 56.7 Å². The van der Waals surface area contributed by atoms with Crippen LogP contribution in [0, 0.1) is 5.92 Å². The van der Waals surface area contributed by atoms with Gasteiger partial charge in [-0.25, -0.2) is 8.42 Å².